The molecule has 31 heavy (non-hydrogen) atoms. The second kappa shape index (κ2) is 8.85. The Labute approximate surface area is 194 Å². The van der Waals surface area contributed by atoms with E-state index in [1.165, 1.54) is 0 Å². The Kier molecular flexibility index (Phi) is 6.34. The van der Waals surface area contributed by atoms with Crippen molar-refractivity contribution in [2.45, 2.75) is 41.6 Å². The zero-order valence-corrected chi connectivity index (χ0v) is 19.3. The summed E-state index contributed by atoms with van der Waals surface area (Å²) in [6, 6.07) is 17.3. The van der Waals surface area contributed by atoms with E-state index in [1.807, 2.05) is 12.1 Å². The summed E-state index contributed by atoms with van der Waals surface area (Å²) in [4.78, 5) is 25.7. The van der Waals surface area contributed by atoms with Gasteiger partial charge in [0.2, 0.25) is 5.79 Å². The molecule has 2 aliphatic heterocycles. The molecule has 2 saturated heterocycles. The van der Waals surface area contributed by atoms with Gasteiger partial charge in [-0.3, -0.25) is 0 Å². The van der Waals surface area contributed by atoms with Gasteiger partial charge in [0.15, 0.2) is 18.0 Å². The second-order valence-corrected chi connectivity index (χ2v) is 9.46. The lowest BCUT2D eigenvalue weighted by Gasteiger charge is -2.44. The third-order valence-electron chi connectivity index (χ3n) is 5.11. The van der Waals surface area contributed by atoms with Gasteiger partial charge in [-0.25, -0.2) is 9.59 Å². The van der Waals surface area contributed by atoms with Crippen molar-refractivity contribution >= 4 is 34.5 Å². The van der Waals surface area contributed by atoms with Crippen molar-refractivity contribution in [1.29, 1.82) is 0 Å². The van der Waals surface area contributed by atoms with Gasteiger partial charge in [-0.1, -0.05) is 59.0 Å². The molecule has 0 radical (unpaired) electrons. The first-order valence-corrected chi connectivity index (χ1v) is 11.2. The molecule has 0 N–H and O–H groups in total. The van der Waals surface area contributed by atoms with E-state index in [2.05, 4.69) is 22.6 Å². The molecule has 0 amide bonds. The van der Waals surface area contributed by atoms with Crippen LogP contribution in [0.2, 0.25) is 0 Å². The van der Waals surface area contributed by atoms with E-state index < -0.39 is 35.7 Å². The van der Waals surface area contributed by atoms with Gasteiger partial charge >= 0.3 is 11.9 Å². The molecule has 2 heterocycles. The van der Waals surface area contributed by atoms with Crippen molar-refractivity contribution in [3.8, 4) is 0 Å². The molecular weight excluding hydrogens is 515 g/mol. The molecular formula is C23H23IO7. The molecule has 7 nitrogen and oxygen atoms in total. The third kappa shape index (κ3) is 4.77. The fourth-order valence-electron chi connectivity index (χ4n) is 3.61. The SMILES string of the molecule is CC1(C)OC[C@@]2(OC[C@H](I)[C@@H](OC(=O)c3ccccc3)[C@@H]2OC(=O)c2ccccc2)O1. The van der Waals surface area contributed by atoms with E-state index >= 15 is 0 Å². The van der Waals surface area contributed by atoms with Crippen LogP contribution in [0.15, 0.2) is 60.7 Å². The van der Waals surface area contributed by atoms with E-state index in [0.29, 0.717) is 11.1 Å². The average Bonchev–Trinajstić information content (AvgIpc) is 3.09. The zero-order valence-electron chi connectivity index (χ0n) is 17.2. The van der Waals surface area contributed by atoms with E-state index in [1.54, 1.807) is 62.4 Å². The third-order valence-corrected chi connectivity index (χ3v) is 6.18. The Bertz CT molecular complexity index is 933. The van der Waals surface area contributed by atoms with Crippen molar-refractivity contribution < 1.29 is 33.3 Å². The molecule has 2 aromatic carbocycles. The first-order valence-electron chi connectivity index (χ1n) is 9.94. The van der Waals surface area contributed by atoms with E-state index in [0.717, 1.165) is 0 Å². The molecule has 0 saturated carbocycles. The van der Waals surface area contributed by atoms with Crippen LogP contribution in [0, 0.1) is 0 Å². The summed E-state index contributed by atoms with van der Waals surface area (Å²) in [5.41, 5.74) is 0.781. The number of carbonyl (C=O) groups is 2. The predicted octanol–water partition coefficient (Wildman–Crippen LogP) is 3.75. The van der Waals surface area contributed by atoms with Crippen LogP contribution >= 0.6 is 22.6 Å². The molecule has 2 aromatic rings. The number of halogens is 1. The molecule has 0 bridgehead atoms. The number of ether oxygens (including phenoxy) is 5. The van der Waals surface area contributed by atoms with Crippen molar-refractivity contribution in [2.24, 2.45) is 0 Å². The minimum Gasteiger partial charge on any atom is -0.453 e. The van der Waals surface area contributed by atoms with Crippen molar-refractivity contribution in [1.82, 2.24) is 0 Å². The molecule has 4 rings (SSSR count). The molecule has 2 aliphatic rings. The summed E-state index contributed by atoms with van der Waals surface area (Å²) in [7, 11) is 0. The largest absolute Gasteiger partial charge is 0.453 e. The van der Waals surface area contributed by atoms with Crippen LogP contribution in [-0.4, -0.2) is 52.9 Å². The van der Waals surface area contributed by atoms with Gasteiger partial charge in [-0.05, 0) is 38.1 Å². The van der Waals surface area contributed by atoms with E-state index in [-0.39, 0.29) is 17.1 Å². The first kappa shape index (κ1) is 22.2. The van der Waals surface area contributed by atoms with Gasteiger partial charge in [-0.2, -0.15) is 0 Å². The maximum atomic E-state index is 12.9. The zero-order chi connectivity index (χ0) is 22.1. The minimum absolute atomic E-state index is 0.0372. The summed E-state index contributed by atoms with van der Waals surface area (Å²) >= 11 is 2.14. The Balaban J connectivity index is 1.64. The summed E-state index contributed by atoms with van der Waals surface area (Å²) in [6.45, 7) is 3.78. The lowest BCUT2D eigenvalue weighted by Crippen LogP contribution is -2.63. The van der Waals surface area contributed by atoms with Gasteiger partial charge in [0, 0.05) is 0 Å². The fourth-order valence-corrected chi connectivity index (χ4v) is 4.32. The Morgan fingerprint density at radius 1 is 0.903 bits per heavy atom. The fraction of sp³-hybridized carbons (Fsp3) is 0.391. The van der Waals surface area contributed by atoms with E-state index in [4.69, 9.17) is 23.7 Å². The smallest absolute Gasteiger partial charge is 0.338 e. The van der Waals surface area contributed by atoms with Crippen molar-refractivity contribution in [3.05, 3.63) is 71.8 Å². The Hall–Kier alpha value is -2.01. The molecule has 8 heteroatoms. The van der Waals surface area contributed by atoms with Gasteiger partial charge in [0.1, 0.15) is 6.61 Å². The Morgan fingerprint density at radius 2 is 1.45 bits per heavy atom. The highest BCUT2D eigenvalue weighted by Crippen LogP contribution is 2.42. The minimum atomic E-state index is -1.38. The summed E-state index contributed by atoms with van der Waals surface area (Å²) in [6.07, 6.45) is -1.82. The highest BCUT2D eigenvalue weighted by molar-refractivity contribution is 14.1. The van der Waals surface area contributed by atoms with Crippen LogP contribution in [0.25, 0.3) is 0 Å². The summed E-state index contributed by atoms with van der Waals surface area (Å²) in [5.74, 6) is -3.39. The standard InChI is InChI=1S/C23H23IO7/c1-22(2)28-14-23(31-22)19(30-21(26)16-11-7-4-8-12-16)18(17(24)13-27-23)29-20(25)15-9-5-3-6-10-15/h3-12,17-19H,13-14H2,1-2H3/t17-,18+,19-,23+/m0/s1. The molecule has 0 aromatic heterocycles. The quantitative estimate of drug-likeness (QED) is 0.333. The number of alkyl halides is 1. The molecule has 4 atom stereocenters. The normalized spacial score (nSPS) is 29.5. The number of hydrogen-bond donors (Lipinski definition) is 0. The number of hydrogen-bond acceptors (Lipinski definition) is 7. The van der Waals surface area contributed by atoms with Crippen molar-refractivity contribution in [3.63, 3.8) is 0 Å². The number of carbonyl (C=O) groups excluding carboxylic acids is 2. The molecule has 0 unspecified atom stereocenters. The van der Waals surface area contributed by atoms with Gasteiger partial charge in [0.05, 0.1) is 21.7 Å². The van der Waals surface area contributed by atoms with Crippen LogP contribution in [0.1, 0.15) is 34.6 Å². The first-order chi connectivity index (χ1) is 14.8. The lowest BCUT2D eigenvalue weighted by molar-refractivity contribution is -0.316. The Morgan fingerprint density at radius 3 is 1.97 bits per heavy atom. The highest BCUT2D eigenvalue weighted by atomic mass is 127. The topological polar surface area (TPSA) is 80.3 Å². The summed E-state index contributed by atoms with van der Waals surface area (Å²) in [5, 5.41) is 0. The van der Waals surface area contributed by atoms with Crippen LogP contribution in [0.3, 0.4) is 0 Å². The van der Waals surface area contributed by atoms with Crippen LogP contribution < -0.4 is 0 Å². The number of benzene rings is 2. The molecule has 164 valence electrons. The van der Waals surface area contributed by atoms with Gasteiger partial charge in [0.25, 0.3) is 0 Å². The number of esters is 2. The van der Waals surface area contributed by atoms with E-state index in [9.17, 15) is 9.59 Å². The van der Waals surface area contributed by atoms with Crippen LogP contribution in [0.4, 0.5) is 0 Å². The second-order valence-electron chi connectivity index (χ2n) is 7.86. The number of rotatable bonds is 4. The molecule has 2 fully saturated rings. The average molecular weight is 538 g/mol. The van der Waals surface area contributed by atoms with Gasteiger partial charge < -0.3 is 23.7 Å². The van der Waals surface area contributed by atoms with Gasteiger partial charge in [-0.15, -0.1) is 0 Å². The molecule has 1 spiro atoms. The lowest BCUT2D eigenvalue weighted by atomic mass is 9.98. The van der Waals surface area contributed by atoms with Crippen LogP contribution in [0.5, 0.6) is 0 Å². The maximum Gasteiger partial charge on any atom is 0.338 e. The predicted molar refractivity (Wildman–Crippen MR) is 119 cm³/mol. The molecule has 0 aliphatic carbocycles. The highest BCUT2D eigenvalue weighted by Gasteiger charge is 2.61. The summed E-state index contributed by atoms with van der Waals surface area (Å²) < 4.78 is 29.3. The monoisotopic (exact) mass is 538 g/mol. The van der Waals surface area contributed by atoms with Crippen molar-refractivity contribution in [2.75, 3.05) is 13.2 Å². The maximum absolute atomic E-state index is 12.9. The van der Waals surface area contributed by atoms with Crippen LogP contribution in [-0.2, 0) is 23.7 Å².